The highest BCUT2D eigenvalue weighted by molar-refractivity contribution is 5.76. The molecule has 1 N–H and O–H groups in total. The smallest absolute Gasteiger partial charge is 0.324 e. The second kappa shape index (κ2) is 6.50. The average Bonchev–Trinajstić information content (AvgIpc) is 2.39. The molecule has 2 rings (SSSR count). The van der Waals surface area contributed by atoms with Crippen LogP contribution in [0.1, 0.15) is 19.8 Å². The van der Waals surface area contributed by atoms with Gasteiger partial charge in [0.05, 0.1) is 6.61 Å². The third kappa shape index (κ3) is 3.22. The Balaban J connectivity index is 2.00. The number of esters is 1. The molecular weight excluding hydrogens is 230 g/mol. The summed E-state index contributed by atoms with van der Waals surface area (Å²) in [5, 5.41) is 3.30. The topological polar surface area (TPSA) is 44.8 Å². The summed E-state index contributed by atoms with van der Waals surface area (Å²) in [5.74, 6) is -0.0714. The highest BCUT2D eigenvalue weighted by atomic mass is 16.5. The maximum absolute atomic E-state index is 12.0. The lowest BCUT2D eigenvalue weighted by Gasteiger charge is -2.43. The number of ether oxygens (including phenoxy) is 1. The minimum atomic E-state index is -0.102. The lowest BCUT2D eigenvalue weighted by Crippen LogP contribution is -2.61. The van der Waals surface area contributed by atoms with Crippen LogP contribution in [-0.4, -0.2) is 74.2 Å². The summed E-state index contributed by atoms with van der Waals surface area (Å²) >= 11 is 0. The molecule has 2 saturated heterocycles. The fourth-order valence-corrected chi connectivity index (χ4v) is 3.02. The van der Waals surface area contributed by atoms with Crippen LogP contribution in [0.25, 0.3) is 0 Å². The van der Waals surface area contributed by atoms with Crippen molar-refractivity contribution in [1.29, 1.82) is 0 Å². The van der Waals surface area contributed by atoms with Gasteiger partial charge in [0, 0.05) is 32.2 Å². The van der Waals surface area contributed by atoms with Crippen molar-refractivity contribution >= 4 is 5.97 Å². The van der Waals surface area contributed by atoms with Crippen LogP contribution < -0.4 is 5.32 Å². The summed E-state index contributed by atoms with van der Waals surface area (Å²) in [6.07, 6.45) is 2.42. The van der Waals surface area contributed by atoms with E-state index < -0.39 is 0 Å². The summed E-state index contributed by atoms with van der Waals surface area (Å²) in [6.45, 7) is 7.21. The van der Waals surface area contributed by atoms with Gasteiger partial charge in [-0.3, -0.25) is 9.69 Å². The summed E-state index contributed by atoms with van der Waals surface area (Å²) < 4.78 is 5.20. The molecule has 0 aromatic rings. The third-order valence-electron chi connectivity index (χ3n) is 3.91. The van der Waals surface area contributed by atoms with Crippen LogP contribution in [0, 0.1) is 0 Å². The molecule has 18 heavy (non-hydrogen) atoms. The summed E-state index contributed by atoms with van der Waals surface area (Å²) in [4.78, 5) is 16.7. The Morgan fingerprint density at radius 2 is 2.28 bits per heavy atom. The number of piperazine rings is 1. The van der Waals surface area contributed by atoms with Crippen molar-refractivity contribution < 1.29 is 9.53 Å². The van der Waals surface area contributed by atoms with E-state index in [2.05, 4.69) is 22.2 Å². The van der Waals surface area contributed by atoms with Crippen LogP contribution >= 0.6 is 0 Å². The van der Waals surface area contributed by atoms with E-state index in [9.17, 15) is 4.79 Å². The van der Waals surface area contributed by atoms with E-state index in [0.29, 0.717) is 12.6 Å². The van der Waals surface area contributed by atoms with Crippen molar-refractivity contribution in [2.45, 2.75) is 31.8 Å². The molecule has 0 bridgehead atoms. The summed E-state index contributed by atoms with van der Waals surface area (Å²) in [7, 11) is 2.16. The molecule has 2 aliphatic heterocycles. The van der Waals surface area contributed by atoms with Gasteiger partial charge in [-0.25, -0.2) is 0 Å². The number of nitrogens with zero attached hydrogens (tertiary/aromatic N) is 2. The van der Waals surface area contributed by atoms with E-state index in [-0.39, 0.29) is 12.0 Å². The highest BCUT2D eigenvalue weighted by Gasteiger charge is 2.35. The number of likely N-dealkylation sites (N-methyl/N-ethyl adjacent to an activating group) is 1. The van der Waals surface area contributed by atoms with Gasteiger partial charge in [-0.2, -0.15) is 0 Å². The Hall–Kier alpha value is -0.650. The lowest BCUT2D eigenvalue weighted by molar-refractivity contribution is -0.151. The fraction of sp³-hybridized carbons (Fsp3) is 0.923. The largest absolute Gasteiger partial charge is 0.465 e. The van der Waals surface area contributed by atoms with Crippen LogP contribution in [0.15, 0.2) is 0 Å². The number of hydrogen-bond acceptors (Lipinski definition) is 5. The zero-order valence-electron chi connectivity index (χ0n) is 11.5. The van der Waals surface area contributed by atoms with Crippen LogP contribution in [0.4, 0.5) is 0 Å². The van der Waals surface area contributed by atoms with Crippen LogP contribution in [-0.2, 0) is 9.53 Å². The van der Waals surface area contributed by atoms with Gasteiger partial charge in [-0.15, -0.1) is 0 Å². The number of carbonyl (C=O) groups is 1. The number of carbonyl (C=O) groups excluding carboxylic acids is 1. The van der Waals surface area contributed by atoms with E-state index >= 15 is 0 Å². The minimum Gasteiger partial charge on any atom is -0.465 e. The van der Waals surface area contributed by atoms with Gasteiger partial charge >= 0.3 is 5.97 Å². The van der Waals surface area contributed by atoms with Gasteiger partial charge < -0.3 is 15.0 Å². The van der Waals surface area contributed by atoms with Crippen molar-refractivity contribution in [3.8, 4) is 0 Å². The maximum atomic E-state index is 12.0. The molecule has 0 radical (unpaired) electrons. The Bertz CT molecular complexity index is 285. The second-order valence-electron chi connectivity index (χ2n) is 5.27. The lowest BCUT2D eigenvalue weighted by atomic mass is 10.0. The Morgan fingerprint density at radius 3 is 3.00 bits per heavy atom. The number of piperidine rings is 1. The number of nitrogens with one attached hydrogen (secondary N) is 1. The molecule has 0 aromatic heterocycles. The molecule has 2 heterocycles. The molecule has 0 saturated carbocycles. The first-order chi connectivity index (χ1) is 8.72. The number of rotatable bonds is 3. The molecule has 2 aliphatic rings. The van der Waals surface area contributed by atoms with Gasteiger partial charge in [-0.05, 0) is 33.4 Å². The third-order valence-corrected chi connectivity index (χ3v) is 3.91. The zero-order chi connectivity index (χ0) is 13.0. The van der Waals surface area contributed by atoms with Gasteiger partial charge in [0.1, 0.15) is 6.04 Å². The molecule has 0 aliphatic carbocycles. The van der Waals surface area contributed by atoms with E-state index in [1.165, 1.54) is 19.4 Å². The van der Waals surface area contributed by atoms with Gasteiger partial charge in [-0.1, -0.05) is 0 Å². The molecule has 0 spiro atoms. The predicted octanol–water partition coefficient (Wildman–Crippen LogP) is -0.0825. The predicted molar refractivity (Wildman–Crippen MR) is 70.5 cm³/mol. The van der Waals surface area contributed by atoms with Gasteiger partial charge in [0.2, 0.25) is 0 Å². The molecule has 2 fully saturated rings. The Labute approximate surface area is 109 Å². The number of likely N-dealkylation sites (tertiary alicyclic amines) is 1. The molecule has 0 amide bonds. The molecule has 5 nitrogen and oxygen atoms in total. The van der Waals surface area contributed by atoms with Crippen LogP contribution in [0.2, 0.25) is 0 Å². The first-order valence-corrected chi connectivity index (χ1v) is 7.04. The standard InChI is InChI=1S/C13H25N3O2/c1-3-18-13(17)12-9-14-6-8-16(12)11-5-4-7-15(2)10-11/h11-12,14H,3-10H2,1-2H3. The van der Waals surface area contributed by atoms with Gasteiger partial charge in [0.15, 0.2) is 0 Å². The molecule has 2 unspecified atom stereocenters. The van der Waals surface area contributed by atoms with E-state index in [1.807, 2.05) is 6.92 Å². The van der Waals surface area contributed by atoms with Crippen LogP contribution in [0.3, 0.4) is 0 Å². The molecule has 0 aromatic carbocycles. The van der Waals surface area contributed by atoms with Crippen molar-refractivity contribution in [3.63, 3.8) is 0 Å². The zero-order valence-corrected chi connectivity index (χ0v) is 11.5. The second-order valence-corrected chi connectivity index (χ2v) is 5.27. The van der Waals surface area contributed by atoms with E-state index in [4.69, 9.17) is 4.74 Å². The SMILES string of the molecule is CCOC(=O)C1CNCCN1C1CCCN(C)C1. The summed E-state index contributed by atoms with van der Waals surface area (Å²) in [6, 6.07) is 0.399. The van der Waals surface area contributed by atoms with Crippen molar-refractivity contribution in [2.75, 3.05) is 46.4 Å². The first kappa shape index (κ1) is 13.8. The summed E-state index contributed by atoms with van der Waals surface area (Å²) in [5.41, 5.74) is 0. The van der Waals surface area contributed by atoms with E-state index in [1.54, 1.807) is 0 Å². The van der Waals surface area contributed by atoms with Crippen molar-refractivity contribution in [2.24, 2.45) is 0 Å². The Kier molecular flexibility index (Phi) is 4.97. The normalized spacial score (nSPS) is 31.2. The van der Waals surface area contributed by atoms with Crippen molar-refractivity contribution in [1.82, 2.24) is 15.1 Å². The Morgan fingerprint density at radius 1 is 1.44 bits per heavy atom. The molecule has 5 heteroatoms. The first-order valence-electron chi connectivity index (χ1n) is 7.04. The maximum Gasteiger partial charge on any atom is 0.324 e. The number of hydrogen-bond donors (Lipinski definition) is 1. The average molecular weight is 255 g/mol. The molecule has 104 valence electrons. The fourth-order valence-electron chi connectivity index (χ4n) is 3.02. The van der Waals surface area contributed by atoms with E-state index in [0.717, 1.165) is 26.2 Å². The molecule has 2 atom stereocenters. The molecular formula is C13H25N3O2. The highest BCUT2D eigenvalue weighted by Crippen LogP contribution is 2.19. The quantitative estimate of drug-likeness (QED) is 0.715. The van der Waals surface area contributed by atoms with Crippen LogP contribution in [0.5, 0.6) is 0 Å². The van der Waals surface area contributed by atoms with Crippen molar-refractivity contribution in [3.05, 3.63) is 0 Å². The minimum absolute atomic E-state index is 0.0714. The monoisotopic (exact) mass is 255 g/mol. The van der Waals surface area contributed by atoms with Gasteiger partial charge in [0.25, 0.3) is 0 Å².